The van der Waals surface area contributed by atoms with E-state index < -0.39 is 0 Å². The molecule has 0 saturated carbocycles. The molecule has 7 heteroatoms. The predicted molar refractivity (Wildman–Crippen MR) is 84.8 cm³/mol. The summed E-state index contributed by atoms with van der Waals surface area (Å²) in [7, 11) is 0. The second-order valence-electron chi connectivity index (χ2n) is 6.23. The van der Waals surface area contributed by atoms with Crippen LogP contribution < -0.4 is 5.32 Å². The van der Waals surface area contributed by atoms with E-state index in [0.29, 0.717) is 23.7 Å². The van der Waals surface area contributed by atoms with Gasteiger partial charge in [0.2, 0.25) is 5.89 Å². The van der Waals surface area contributed by atoms with Gasteiger partial charge in [-0.25, -0.2) is 0 Å². The molecule has 1 aliphatic rings. The number of aryl methyl sites for hydroxylation is 2. The fraction of sp³-hybridized carbons (Fsp3) is 0.688. The molecule has 0 unspecified atom stereocenters. The Balaban J connectivity index is 1.62. The Morgan fingerprint density at radius 1 is 1.39 bits per heavy atom. The smallest absolute Gasteiger partial charge is 0.244 e. The molecule has 2 aromatic heterocycles. The van der Waals surface area contributed by atoms with E-state index in [4.69, 9.17) is 9.26 Å². The zero-order valence-corrected chi connectivity index (χ0v) is 13.8. The van der Waals surface area contributed by atoms with E-state index in [2.05, 4.69) is 27.5 Å². The molecule has 0 aliphatic carbocycles. The van der Waals surface area contributed by atoms with Crippen LogP contribution in [0.3, 0.4) is 0 Å². The lowest BCUT2D eigenvalue weighted by Crippen LogP contribution is -2.38. The average Bonchev–Trinajstić information content (AvgIpc) is 3.23. The van der Waals surface area contributed by atoms with Gasteiger partial charge in [0.05, 0.1) is 6.04 Å². The molecule has 1 saturated heterocycles. The highest BCUT2D eigenvalue weighted by Gasteiger charge is 2.30. The molecule has 0 spiro atoms. The van der Waals surface area contributed by atoms with Gasteiger partial charge in [0.25, 0.3) is 0 Å². The first-order chi connectivity index (χ1) is 11.2. The molecule has 0 bridgehead atoms. The van der Waals surface area contributed by atoms with E-state index in [1.807, 2.05) is 30.1 Å². The van der Waals surface area contributed by atoms with Gasteiger partial charge in [-0.1, -0.05) is 5.16 Å². The van der Waals surface area contributed by atoms with Gasteiger partial charge in [0, 0.05) is 38.2 Å². The molecule has 126 valence electrons. The first kappa shape index (κ1) is 16.1. The van der Waals surface area contributed by atoms with Crippen molar-refractivity contribution in [3.63, 3.8) is 0 Å². The van der Waals surface area contributed by atoms with Crippen LogP contribution in [0.25, 0.3) is 0 Å². The first-order valence-electron chi connectivity index (χ1n) is 8.34. The minimum Gasteiger partial charge on any atom is -0.381 e. The van der Waals surface area contributed by atoms with Crippen molar-refractivity contribution < 1.29 is 9.26 Å². The lowest BCUT2D eigenvalue weighted by atomic mass is 9.91. The number of nitrogens with zero attached hydrogens (tertiary/aromatic N) is 4. The molecule has 0 aromatic carbocycles. The first-order valence-corrected chi connectivity index (χ1v) is 8.34. The zero-order valence-electron chi connectivity index (χ0n) is 13.8. The quantitative estimate of drug-likeness (QED) is 0.842. The largest absolute Gasteiger partial charge is 0.381 e. The van der Waals surface area contributed by atoms with Crippen molar-refractivity contribution in [2.75, 3.05) is 13.2 Å². The van der Waals surface area contributed by atoms with Crippen LogP contribution in [0.4, 0.5) is 0 Å². The third kappa shape index (κ3) is 4.39. The van der Waals surface area contributed by atoms with Crippen LogP contribution in [-0.4, -0.2) is 39.2 Å². The maximum Gasteiger partial charge on any atom is 0.244 e. The third-order valence-corrected chi connectivity index (χ3v) is 4.36. The summed E-state index contributed by atoms with van der Waals surface area (Å²) in [6, 6.07) is 2.37. The van der Waals surface area contributed by atoms with Crippen molar-refractivity contribution in [2.45, 2.75) is 51.7 Å². The second-order valence-corrected chi connectivity index (χ2v) is 6.23. The highest BCUT2D eigenvalue weighted by atomic mass is 16.5. The Hall–Kier alpha value is -1.73. The molecular weight excluding hydrogens is 294 g/mol. The lowest BCUT2D eigenvalue weighted by Gasteiger charge is -2.30. The van der Waals surface area contributed by atoms with Crippen LogP contribution in [0.2, 0.25) is 0 Å². The van der Waals surface area contributed by atoms with Crippen molar-refractivity contribution in [3.05, 3.63) is 30.2 Å². The standard InChI is InChI=1S/C16H25N5O2/c1-12(4-9-21-8-3-7-17-21)18-15(14-5-10-22-11-6-14)16-19-13(2)20-23-16/h3,7-8,12,14-15,18H,4-6,9-11H2,1-2H3/t12-,15-/m1/s1. The number of nitrogens with one attached hydrogen (secondary N) is 1. The molecule has 3 heterocycles. The van der Waals surface area contributed by atoms with Gasteiger partial charge >= 0.3 is 0 Å². The summed E-state index contributed by atoms with van der Waals surface area (Å²) < 4.78 is 12.9. The number of aromatic nitrogens is 4. The Morgan fingerprint density at radius 3 is 2.87 bits per heavy atom. The van der Waals surface area contributed by atoms with E-state index in [1.165, 1.54) is 0 Å². The van der Waals surface area contributed by atoms with Crippen molar-refractivity contribution in [1.82, 2.24) is 25.2 Å². The monoisotopic (exact) mass is 319 g/mol. The highest BCUT2D eigenvalue weighted by Crippen LogP contribution is 2.29. The van der Waals surface area contributed by atoms with Gasteiger partial charge < -0.3 is 14.6 Å². The van der Waals surface area contributed by atoms with E-state index in [1.54, 1.807) is 0 Å². The molecule has 1 N–H and O–H groups in total. The summed E-state index contributed by atoms with van der Waals surface area (Å²) in [5.41, 5.74) is 0. The van der Waals surface area contributed by atoms with Crippen molar-refractivity contribution in [2.24, 2.45) is 5.92 Å². The summed E-state index contributed by atoms with van der Waals surface area (Å²) in [5.74, 6) is 1.85. The van der Waals surface area contributed by atoms with Crippen molar-refractivity contribution in [3.8, 4) is 0 Å². The second kappa shape index (κ2) is 7.70. The van der Waals surface area contributed by atoms with Crippen LogP contribution in [0, 0.1) is 12.8 Å². The fourth-order valence-corrected chi connectivity index (χ4v) is 3.05. The molecule has 7 nitrogen and oxygen atoms in total. The number of hydrogen-bond donors (Lipinski definition) is 1. The SMILES string of the molecule is Cc1noc([C@H](N[C@H](C)CCn2cccn2)C2CCOCC2)n1. The lowest BCUT2D eigenvalue weighted by molar-refractivity contribution is 0.0468. The number of rotatable bonds is 7. The number of ether oxygens (including phenoxy) is 1. The van der Waals surface area contributed by atoms with E-state index in [9.17, 15) is 0 Å². The minimum atomic E-state index is 0.0905. The highest BCUT2D eigenvalue weighted by molar-refractivity contribution is 4.96. The molecule has 23 heavy (non-hydrogen) atoms. The van der Waals surface area contributed by atoms with Gasteiger partial charge in [-0.2, -0.15) is 10.1 Å². The Labute approximate surface area is 136 Å². The maximum atomic E-state index is 5.49. The van der Waals surface area contributed by atoms with Gasteiger partial charge in [0.1, 0.15) is 0 Å². The fourth-order valence-electron chi connectivity index (χ4n) is 3.05. The molecular formula is C16H25N5O2. The Bertz CT molecular complexity index is 577. The van der Waals surface area contributed by atoms with Crippen molar-refractivity contribution >= 4 is 0 Å². The Kier molecular flexibility index (Phi) is 5.40. The summed E-state index contributed by atoms with van der Waals surface area (Å²) in [4.78, 5) is 4.45. The van der Waals surface area contributed by atoms with E-state index >= 15 is 0 Å². The zero-order chi connectivity index (χ0) is 16.1. The molecule has 2 atom stereocenters. The van der Waals surface area contributed by atoms with Crippen LogP contribution in [0.15, 0.2) is 23.0 Å². The van der Waals surface area contributed by atoms with Crippen LogP contribution >= 0.6 is 0 Å². The minimum absolute atomic E-state index is 0.0905. The summed E-state index contributed by atoms with van der Waals surface area (Å²) in [5, 5.41) is 11.9. The average molecular weight is 319 g/mol. The summed E-state index contributed by atoms with van der Waals surface area (Å²) >= 11 is 0. The number of hydrogen-bond acceptors (Lipinski definition) is 6. The van der Waals surface area contributed by atoms with Gasteiger partial charge in [-0.05, 0) is 45.1 Å². The van der Waals surface area contributed by atoms with Crippen molar-refractivity contribution in [1.29, 1.82) is 0 Å². The molecule has 3 rings (SSSR count). The van der Waals surface area contributed by atoms with Gasteiger partial charge in [-0.15, -0.1) is 0 Å². The van der Waals surface area contributed by atoms with Gasteiger partial charge in [-0.3, -0.25) is 4.68 Å². The maximum absolute atomic E-state index is 5.49. The van der Waals surface area contributed by atoms with Crippen LogP contribution in [0.1, 0.15) is 43.9 Å². The predicted octanol–water partition coefficient (Wildman–Crippen LogP) is 2.11. The normalized spacial score (nSPS) is 18.9. The van der Waals surface area contributed by atoms with E-state index in [0.717, 1.165) is 39.0 Å². The van der Waals surface area contributed by atoms with Crippen LogP contribution in [-0.2, 0) is 11.3 Å². The van der Waals surface area contributed by atoms with Gasteiger partial charge in [0.15, 0.2) is 5.82 Å². The molecule has 1 fully saturated rings. The Morgan fingerprint density at radius 2 is 2.22 bits per heavy atom. The molecule has 2 aromatic rings. The topological polar surface area (TPSA) is 78.0 Å². The molecule has 0 radical (unpaired) electrons. The third-order valence-electron chi connectivity index (χ3n) is 4.36. The van der Waals surface area contributed by atoms with Crippen LogP contribution in [0.5, 0.6) is 0 Å². The molecule has 0 amide bonds. The summed E-state index contributed by atoms with van der Waals surface area (Å²) in [6.45, 7) is 6.55. The summed E-state index contributed by atoms with van der Waals surface area (Å²) in [6.07, 6.45) is 6.83. The van der Waals surface area contributed by atoms with E-state index in [-0.39, 0.29) is 6.04 Å². The molecule has 1 aliphatic heterocycles.